The second-order valence-electron chi connectivity index (χ2n) is 4.91. The third-order valence-electron chi connectivity index (χ3n) is 3.42. The fourth-order valence-electron chi connectivity index (χ4n) is 2.25. The fraction of sp³-hybridized carbons (Fsp3) is 0.538. The average molecular weight is 435 g/mol. The summed E-state index contributed by atoms with van der Waals surface area (Å²) in [4.78, 5) is 31.3. The molecule has 128 valence electrons. The molecule has 2 heterocycles. The Labute approximate surface area is 152 Å². The van der Waals surface area contributed by atoms with Gasteiger partial charge in [-0.1, -0.05) is 0 Å². The number of rotatable bonds is 3. The van der Waals surface area contributed by atoms with Crippen LogP contribution >= 0.6 is 24.0 Å². The van der Waals surface area contributed by atoms with E-state index >= 15 is 0 Å². The Morgan fingerprint density at radius 1 is 1.43 bits per heavy atom. The lowest BCUT2D eigenvalue weighted by atomic mass is 10.3. The van der Waals surface area contributed by atoms with Gasteiger partial charge in [-0.15, -0.1) is 24.0 Å². The fourth-order valence-corrected chi connectivity index (χ4v) is 2.25. The summed E-state index contributed by atoms with van der Waals surface area (Å²) < 4.78 is 1.67. The zero-order valence-electron chi connectivity index (χ0n) is 13.4. The number of amides is 2. The molecule has 0 radical (unpaired) electrons. The van der Waals surface area contributed by atoms with E-state index in [4.69, 9.17) is 0 Å². The van der Waals surface area contributed by atoms with Gasteiger partial charge in [0.1, 0.15) is 6.54 Å². The van der Waals surface area contributed by atoms with E-state index in [2.05, 4.69) is 20.7 Å². The third kappa shape index (κ3) is 4.81. The van der Waals surface area contributed by atoms with E-state index in [1.54, 1.807) is 29.9 Å². The zero-order valence-corrected chi connectivity index (χ0v) is 15.8. The number of carbonyl (C=O) groups is 2. The molecule has 0 saturated carbocycles. The highest BCUT2D eigenvalue weighted by Gasteiger charge is 2.27. The highest BCUT2D eigenvalue weighted by Crippen LogP contribution is 2.15. The van der Waals surface area contributed by atoms with Crippen LogP contribution < -0.4 is 15.5 Å². The van der Waals surface area contributed by atoms with E-state index in [0.29, 0.717) is 19.0 Å². The van der Waals surface area contributed by atoms with Gasteiger partial charge in [-0.3, -0.25) is 19.3 Å². The number of aromatic nitrogens is 2. The number of likely N-dealkylation sites (N-methyl/N-ethyl adjacent to an activating group) is 1. The summed E-state index contributed by atoms with van der Waals surface area (Å²) in [5, 5.41) is 9.56. The summed E-state index contributed by atoms with van der Waals surface area (Å²) in [6.07, 6.45) is 3.48. The number of nitrogens with one attached hydrogen (secondary N) is 2. The quantitative estimate of drug-likeness (QED) is 0.361. The number of aryl methyl sites for hydroxylation is 1. The first-order valence-electron chi connectivity index (χ1n) is 7.00. The molecule has 1 saturated heterocycles. The third-order valence-corrected chi connectivity index (χ3v) is 3.42. The molecule has 1 aromatic heterocycles. The number of hydrogen-bond acceptors (Lipinski definition) is 4. The van der Waals surface area contributed by atoms with Crippen LogP contribution in [0.4, 0.5) is 5.69 Å². The van der Waals surface area contributed by atoms with Crippen LogP contribution in [0.15, 0.2) is 17.4 Å². The van der Waals surface area contributed by atoms with Gasteiger partial charge in [0.2, 0.25) is 11.8 Å². The van der Waals surface area contributed by atoms with Crippen LogP contribution in [0.25, 0.3) is 0 Å². The van der Waals surface area contributed by atoms with Crippen LogP contribution in [0, 0.1) is 0 Å². The average Bonchev–Trinajstić information content (AvgIpc) is 2.94. The lowest BCUT2D eigenvalue weighted by Crippen LogP contribution is -2.56. The zero-order chi connectivity index (χ0) is 16.1. The number of anilines is 1. The second kappa shape index (κ2) is 8.70. The van der Waals surface area contributed by atoms with Crippen molar-refractivity contribution in [3.63, 3.8) is 0 Å². The van der Waals surface area contributed by atoms with Crippen LogP contribution in [-0.2, 0) is 16.6 Å². The minimum atomic E-state index is -0.138. The van der Waals surface area contributed by atoms with Gasteiger partial charge in [0, 0.05) is 40.4 Å². The first kappa shape index (κ1) is 19.2. The summed E-state index contributed by atoms with van der Waals surface area (Å²) >= 11 is 0. The van der Waals surface area contributed by atoms with Gasteiger partial charge in [0.25, 0.3) is 0 Å². The molecule has 0 unspecified atom stereocenters. The molecule has 0 spiro atoms. The molecule has 2 N–H and O–H groups in total. The number of aliphatic imine (C=N–C) groups is 1. The maximum absolute atomic E-state index is 12.3. The largest absolute Gasteiger partial charge is 0.358 e. The molecular formula is C13H22IN7O2. The first-order valence-corrected chi connectivity index (χ1v) is 7.00. The predicted molar refractivity (Wildman–Crippen MR) is 98.0 cm³/mol. The Kier molecular flexibility index (Phi) is 7.26. The maximum Gasteiger partial charge on any atom is 0.246 e. The van der Waals surface area contributed by atoms with Crippen molar-refractivity contribution in [3.05, 3.63) is 12.4 Å². The number of carbonyl (C=O) groups excluding carboxylic acids is 2. The monoisotopic (exact) mass is 435 g/mol. The Bertz CT molecular complexity index is 587. The summed E-state index contributed by atoms with van der Waals surface area (Å²) in [6, 6.07) is 0. The van der Waals surface area contributed by atoms with Crippen LogP contribution in [0.1, 0.15) is 0 Å². The van der Waals surface area contributed by atoms with Crippen molar-refractivity contribution < 1.29 is 9.59 Å². The van der Waals surface area contributed by atoms with Gasteiger partial charge in [-0.05, 0) is 0 Å². The molecule has 0 aliphatic carbocycles. The van der Waals surface area contributed by atoms with Crippen LogP contribution in [0.3, 0.4) is 0 Å². The van der Waals surface area contributed by atoms with Crippen molar-refractivity contribution in [1.82, 2.24) is 25.3 Å². The van der Waals surface area contributed by atoms with Gasteiger partial charge in [-0.2, -0.15) is 5.10 Å². The molecule has 2 rings (SSSR count). The normalized spacial score (nSPS) is 15.3. The van der Waals surface area contributed by atoms with Gasteiger partial charge in [0.05, 0.1) is 18.4 Å². The van der Waals surface area contributed by atoms with E-state index in [1.165, 1.54) is 0 Å². The molecule has 1 aliphatic rings. The second-order valence-corrected chi connectivity index (χ2v) is 4.91. The van der Waals surface area contributed by atoms with E-state index in [9.17, 15) is 9.59 Å². The lowest BCUT2D eigenvalue weighted by Gasteiger charge is -2.35. The summed E-state index contributed by atoms with van der Waals surface area (Å²) in [6.45, 7) is 1.52. The molecule has 1 aromatic rings. The van der Waals surface area contributed by atoms with Gasteiger partial charge in [-0.25, -0.2) is 0 Å². The molecular weight excluding hydrogens is 413 g/mol. The smallest absolute Gasteiger partial charge is 0.246 e. The van der Waals surface area contributed by atoms with E-state index in [0.717, 1.165) is 5.69 Å². The summed E-state index contributed by atoms with van der Waals surface area (Å²) in [7, 11) is 5.02. The molecule has 2 amide bonds. The minimum absolute atomic E-state index is 0. The molecule has 0 atom stereocenters. The Morgan fingerprint density at radius 2 is 2.17 bits per heavy atom. The molecule has 10 heteroatoms. The van der Waals surface area contributed by atoms with Crippen LogP contribution in [-0.4, -0.2) is 72.7 Å². The van der Waals surface area contributed by atoms with E-state index in [1.807, 2.05) is 18.1 Å². The Morgan fingerprint density at radius 3 is 2.70 bits per heavy atom. The molecule has 9 nitrogen and oxygen atoms in total. The first-order chi connectivity index (χ1) is 10.5. The predicted octanol–water partition coefficient (Wildman–Crippen LogP) is -0.992. The summed E-state index contributed by atoms with van der Waals surface area (Å²) in [5.74, 6) is 0.381. The molecule has 0 aromatic carbocycles. The minimum Gasteiger partial charge on any atom is -0.358 e. The standard InChI is InChI=1S/C13H21N7O2.HI/c1-14-11(21)7-16-13(15-2)19-4-5-20(12(22)9-19)10-6-17-18(3)8-10;/h6,8H,4-5,7,9H2,1-3H3,(H,14,21)(H,15,16);1H. The molecule has 23 heavy (non-hydrogen) atoms. The SMILES string of the molecule is CN=C(NCC(=O)NC)N1CCN(c2cnn(C)c2)C(=O)C1.I. The van der Waals surface area contributed by atoms with Gasteiger partial charge < -0.3 is 20.4 Å². The van der Waals surface area contributed by atoms with Crippen molar-refractivity contribution in [1.29, 1.82) is 0 Å². The summed E-state index contributed by atoms with van der Waals surface area (Å²) in [5.41, 5.74) is 0.792. The Hall–Kier alpha value is -1.85. The highest BCUT2D eigenvalue weighted by molar-refractivity contribution is 14.0. The van der Waals surface area contributed by atoms with Gasteiger partial charge in [0.15, 0.2) is 5.96 Å². The Balaban J connectivity index is 0.00000264. The molecule has 0 bridgehead atoms. The lowest BCUT2D eigenvalue weighted by molar-refractivity contribution is -0.120. The molecule has 1 fully saturated rings. The van der Waals surface area contributed by atoms with Crippen molar-refractivity contribution in [2.24, 2.45) is 12.0 Å². The maximum atomic E-state index is 12.3. The van der Waals surface area contributed by atoms with Gasteiger partial charge >= 0.3 is 0 Å². The van der Waals surface area contributed by atoms with Crippen LogP contribution in [0.2, 0.25) is 0 Å². The molecule has 1 aliphatic heterocycles. The number of nitrogens with zero attached hydrogens (tertiary/aromatic N) is 5. The topological polar surface area (TPSA) is 94.9 Å². The van der Waals surface area contributed by atoms with E-state index < -0.39 is 0 Å². The number of hydrogen-bond donors (Lipinski definition) is 2. The van der Waals surface area contributed by atoms with E-state index in [-0.39, 0.29) is 48.9 Å². The van der Waals surface area contributed by atoms with Crippen molar-refractivity contribution >= 4 is 47.4 Å². The van der Waals surface area contributed by atoms with Crippen molar-refractivity contribution in [3.8, 4) is 0 Å². The number of piperazine rings is 1. The van der Waals surface area contributed by atoms with Crippen LogP contribution in [0.5, 0.6) is 0 Å². The number of guanidine groups is 1. The van der Waals surface area contributed by atoms with Crippen molar-refractivity contribution in [2.75, 3.05) is 45.2 Å². The highest BCUT2D eigenvalue weighted by atomic mass is 127. The number of halogens is 1. The van der Waals surface area contributed by atoms with Crippen molar-refractivity contribution in [2.45, 2.75) is 0 Å².